The van der Waals surface area contributed by atoms with Crippen LogP contribution in [-0.4, -0.2) is 34.6 Å². The van der Waals surface area contributed by atoms with Crippen molar-refractivity contribution < 1.29 is 18.3 Å². The van der Waals surface area contributed by atoms with Gasteiger partial charge in [-0.2, -0.15) is 0 Å². The molecule has 190 valence electrons. The molecule has 2 heterocycles. The fraction of sp³-hybridized carbons (Fsp3) is 0.385. The van der Waals surface area contributed by atoms with E-state index in [9.17, 15) is 0 Å². The summed E-state index contributed by atoms with van der Waals surface area (Å²) in [7, 11) is 3.26. The van der Waals surface area contributed by atoms with Crippen LogP contribution in [0.4, 0.5) is 23.4 Å². The van der Waals surface area contributed by atoms with Gasteiger partial charge in [0.1, 0.15) is 11.5 Å². The van der Waals surface area contributed by atoms with Gasteiger partial charge in [-0.25, -0.2) is 0 Å². The molecule has 0 saturated carbocycles. The number of para-hydroxylation sites is 2. The highest BCUT2D eigenvalue weighted by molar-refractivity contribution is 5.61. The molecular formula is C26H32N6O4. The van der Waals surface area contributed by atoms with Crippen LogP contribution in [0.1, 0.15) is 50.3 Å². The molecule has 0 amide bonds. The molecular weight excluding hydrogens is 460 g/mol. The summed E-state index contributed by atoms with van der Waals surface area (Å²) in [6.07, 6.45) is 8.13. The average Bonchev–Trinajstić information content (AvgIpc) is 3.55. The van der Waals surface area contributed by atoms with Gasteiger partial charge in [0.05, 0.1) is 19.9 Å². The van der Waals surface area contributed by atoms with Crippen molar-refractivity contribution in [2.75, 3.05) is 24.9 Å². The summed E-state index contributed by atoms with van der Waals surface area (Å²) in [5.74, 6) is 2.78. The molecule has 0 spiro atoms. The molecule has 0 atom stereocenters. The summed E-state index contributed by atoms with van der Waals surface area (Å²) in [5, 5.41) is 22.6. The van der Waals surface area contributed by atoms with Gasteiger partial charge in [-0.1, -0.05) is 54.1 Å². The fourth-order valence-electron chi connectivity index (χ4n) is 3.76. The Morgan fingerprint density at radius 3 is 1.97 bits per heavy atom. The zero-order valence-electron chi connectivity index (χ0n) is 20.7. The van der Waals surface area contributed by atoms with Gasteiger partial charge in [0.25, 0.3) is 0 Å². The zero-order valence-corrected chi connectivity index (χ0v) is 20.7. The highest BCUT2D eigenvalue weighted by atomic mass is 16.5. The Bertz CT molecular complexity index is 1210. The smallest absolute Gasteiger partial charge is 0.320 e. The van der Waals surface area contributed by atoms with E-state index in [1.807, 2.05) is 48.5 Å². The SMILES string of the molecule is COc1cccc(Nc2nnc(CCCCCCCCc3nnc(Nc4ccccc4OC)o3)o2)c1. The molecule has 2 aromatic carbocycles. The molecule has 0 bridgehead atoms. The van der Waals surface area contributed by atoms with E-state index in [1.165, 1.54) is 0 Å². The Labute approximate surface area is 210 Å². The maximum absolute atomic E-state index is 5.71. The number of anilines is 4. The van der Waals surface area contributed by atoms with Crippen molar-refractivity contribution in [2.45, 2.75) is 51.4 Å². The summed E-state index contributed by atoms with van der Waals surface area (Å²) >= 11 is 0. The van der Waals surface area contributed by atoms with Crippen LogP contribution in [0.5, 0.6) is 11.5 Å². The maximum atomic E-state index is 5.71. The predicted molar refractivity (Wildman–Crippen MR) is 136 cm³/mol. The Balaban J connectivity index is 1.07. The van der Waals surface area contributed by atoms with Crippen molar-refractivity contribution in [1.82, 2.24) is 20.4 Å². The van der Waals surface area contributed by atoms with E-state index < -0.39 is 0 Å². The summed E-state index contributed by atoms with van der Waals surface area (Å²) < 4.78 is 22.0. The lowest BCUT2D eigenvalue weighted by molar-refractivity contribution is 0.415. The highest BCUT2D eigenvalue weighted by Gasteiger charge is 2.09. The van der Waals surface area contributed by atoms with Crippen LogP contribution in [0.15, 0.2) is 57.4 Å². The molecule has 0 radical (unpaired) electrons. The van der Waals surface area contributed by atoms with Gasteiger partial charge in [-0.15, -0.1) is 10.2 Å². The van der Waals surface area contributed by atoms with Crippen LogP contribution in [0, 0.1) is 0 Å². The van der Waals surface area contributed by atoms with E-state index in [4.69, 9.17) is 18.3 Å². The van der Waals surface area contributed by atoms with Crippen molar-refractivity contribution in [2.24, 2.45) is 0 Å². The standard InChI is InChI=1S/C26H32N6O4/c1-33-20-13-11-12-19(18-20)27-25-31-29-23(35-25)16-7-5-3-4-6-8-17-24-30-32-26(36-24)28-21-14-9-10-15-22(21)34-2/h9-15,18H,3-8,16-17H2,1-2H3,(H,27,31)(H,28,32). The van der Waals surface area contributed by atoms with Crippen molar-refractivity contribution in [3.05, 3.63) is 60.3 Å². The largest absolute Gasteiger partial charge is 0.497 e. The Kier molecular flexibility index (Phi) is 9.13. The number of methoxy groups -OCH3 is 2. The first-order chi connectivity index (χ1) is 17.7. The number of ether oxygens (including phenoxy) is 2. The van der Waals surface area contributed by atoms with Crippen molar-refractivity contribution >= 4 is 23.4 Å². The van der Waals surface area contributed by atoms with Crippen LogP contribution >= 0.6 is 0 Å². The molecule has 10 heteroatoms. The third-order valence-corrected chi connectivity index (χ3v) is 5.63. The summed E-state index contributed by atoms with van der Waals surface area (Å²) in [4.78, 5) is 0. The van der Waals surface area contributed by atoms with Gasteiger partial charge in [0.15, 0.2) is 0 Å². The van der Waals surface area contributed by atoms with Crippen LogP contribution in [0.3, 0.4) is 0 Å². The lowest BCUT2D eigenvalue weighted by atomic mass is 10.1. The minimum Gasteiger partial charge on any atom is -0.497 e. The van der Waals surface area contributed by atoms with E-state index >= 15 is 0 Å². The molecule has 0 unspecified atom stereocenters. The number of unbranched alkanes of at least 4 members (excludes halogenated alkanes) is 5. The minimum atomic E-state index is 0.373. The predicted octanol–water partition coefficient (Wildman–Crippen LogP) is 6.08. The monoisotopic (exact) mass is 492 g/mol. The van der Waals surface area contributed by atoms with Gasteiger partial charge in [0.2, 0.25) is 11.8 Å². The van der Waals surface area contributed by atoms with Crippen LogP contribution in [0.2, 0.25) is 0 Å². The number of hydrogen-bond donors (Lipinski definition) is 2. The third kappa shape index (κ3) is 7.46. The average molecular weight is 493 g/mol. The fourth-order valence-corrected chi connectivity index (χ4v) is 3.76. The first-order valence-electron chi connectivity index (χ1n) is 12.2. The maximum Gasteiger partial charge on any atom is 0.320 e. The Hall–Kier alpha value is -4.08. The molecule has 0 fully saturated rings. The van der Waals surface area contributed by atoms with E-state index in [-0.39, 0.29) is 0 Å². The molecule has 2 N–H and O–H groups in total. The number of rotatable bonds is 15. The van der Waals surface area contributed by atoms with Crippen molar-refractivity contribution in [3.8, 4) is 11.5 Å². The zero-order chi connectivity index (χ0) is 25.0. The molecule has 36 heavy (non-hydrogen) atoms. The van der Waals surface area contributed by atoms with Gasteiger partial charge in [-0.05, 0) is 37.1 Å². The third-order valence-electron chi connectivity index (χ3n) is 5.63. The first kappa shape index (κ1) is 25.0. The quantitative estimate of drug-likeness (QED) is 0.189. The number of nitrogens with zero attached hydrogens (tertiary/aromatic N) is 4. The number of benzene rings is 2. The summed E-state index contributed by atoms with van der Waals surface area (Å²) in [6.45, 7) is 0. The first-order valence-corrected chi connectivity index (χ1v) is 12.2. The van der Waals surface area contributed by atoms with Gasteiger partial charge < -0.3 is 28.9 Å². The topological polar surface area (TPSA) is 120 Å². The van der Waals surface area contributed by atoms with E-state index in [2.05, 4.69) is 31.0 Å². The molecule has 0 aliphatic rings. The number of hydrogen-bond acceptors (Lipinski definition) is 10. The normalized spacial score (nSPS) is 10.8. The molecule has 0 aliphatic carbocycles. The Morgan fingerprint density at radius 1 is 0.667 bits per heavy atom. The molecule has 2 aromatic heterocycles. The highest BCUT2D eigenvalue weighted by Crippen LogP contribution is 2.26. The molecule has 4 rings (SSSR count). The summed E-state index contributed by atoms with van der Waals surface area (Å²) in [6, 6.07) is 15.9. The van der Waals surface area contributed by atoms with Crippen molar-refractivity contribution in [3.63, 3.8) is 0 Å². The van der Waals surface area contributed by atoms with E-state index in [1.54, 1.807) is 14.2 Å². The molecule has 0 saturated heterocycles. The Morgan fingerprint density at radius 2 is 1.31 bits per heavy atom. The second-order valence-electron chi connectivity index (χ2n) is 8.31. The van der Waals surface area contributed by atoms with Crippen LogP contribution in [-0.2, 0) is 12.8 Å². The number of aryl methyl sites for hydroxylation is 2. The lowest BCUT2D eigenvalue weighted by Crippen LogP contribution is -1.94. The van der Waals surface area contributed by atoms with E-state index in [0.29, 0.717) is 23.8 Å². The van der Waals surface area contributed by atoms with Crippen LogP contribution in [0.25, 0.3) is 0 Å². The molecule has 10 nitrogen and oxygen atoms in total. The number of aromatic nitrogens is 4. The second-order valence-corrected chi connectivity index (χ2v) is 8.31. The second kappa shape index (κ2) is 13.1. The van der Waals surface area contributed by atoms with Gasteiger partial charge >= 0.3 is 12.0 Å². The van der Waals surface area contributed by atoms with E-state index in [0.717, 1.165) is 74.2 Å². The van der Waals surface area contributed by atoms with Gasteiger partial charge in [-0.3, -0.25) is 0 Å². The molecule has 4 aromatic rings. The van der Waals surface area contributed by atoms with Crippen LogP contribution < -0.4 is 20.1 Å². The molecule has 0 aliphatic heterocycles. The summed E-state index contributed by atoms with van der Waals surface area (Å²) in [5.41, 5.74) is 1.63. The van der Waals surface area contributed by atoms with Crippen molar-refractivity contribution in [1.29, 1.82) is 0 Å². The number of nitrogens with one attached hydrogen (secondary N) is 2. The minimum absolute atomic E-state index is 0.373. The van der Waals surface area contributed by atoms with Gasteiger partial charge in [0, 0.05) is 24.6 Å². The lowest BCUT2D eigenvalue weighted by Gasteiger charge is -2.06.